The Balaban J connectivity index is 0.993. The Kier molecular flexibility index (Phi) is 7.31. The van der Waals surface area contributed by atoms with E-state index in [1.54, 1.807) is 0 Å². The summed E-state index contributed by atoms with van der Waals surface area (Å²) in [4.78, 5) is 5.40. The van der Waals surface area contributed by atoms with Crippen molar-refractivity contribution in [3.63, 3.8) is 0 Å². The molecule has 2 unspecified atom stereocenters. The van der Waals surface area contributed by atoms with Crippen molar-refractivity contribution in [2.24, 2.45) is 4.99 Å². The molecular weight excluding hydrogens is 707 g/mol. The highest BCUT2D eigenvalue weighted by molar-refractivity contribution is 6.10. The number of rotatable bonds is 4. The first kappa shape index (κ1) is 32.9. The molecule has 1 spiro atoms. The van der Waals surface area contributed by atoms with Gasteiger partial charge in [-0.1, -0.05) is 188 Å². The third-order valence-corrected chi connectivity index (χ3v) is 12.5. The summed E-state index contributed by atoms with van der Waals surface area (Å²) in [6, 6.07) is 72.0. The number of hydrogen-bond acceptors (Lipinski definition) is 4. The van der Waals surface area contributed by atoms with Crippen molar-refractivity contribution in [3.05, 3.63) is 239 Å². The molecule has 0 fully saturated rings. The molecule has 12 rings (SSSR count). The molecule has 2 aliphatic heterocycles. The summed E-state index contributed by atoms with van der Waals surface area (Å²) in [5.74, 6) is 2.68. The fourth-order valence-corrected chi connectivity index (χ4v) is 9.95. The topological polar surface area (TPSA) is 45.6 Å². The van der Waals surface area contributed by atoms with Crippen molar-refractivity contribution in [2.75, 3.05) is 0 Å². The summed E-state index contributed by atoms with van der Waals surface area (Å²) in [7, 11) is 0. The van der Waals surface area contributed by atoms with Crippen LogP contribution in [-0.2, 0) is 5.41 Å². The Bertz CT molecular complexity index is 3070. The van der Waals surface area contributed by atoms with Crippen LogP contribution in [0.4, 0.5) is 0 Å². The van der Waals surface area contributed by atoms with Crippen LogP contribution in [0.5, 0.6) is 11.5 Å². The number of fused-ring (bicyclic) bond motifs is 11. The minimum atomic E-state index is -0.504. The predicted octanol–water partition coefficient (Wildman–Crippen LogP) is 12.5. The minimum Gasteiger partial charge on any atom is -0.457 e. The average Bonchev–Trinajstić information content (AvgIpc) is 3.59. The highest BCUT2D eigenvalue weighted by Gasteiger charge is 2.51. The van der Waals surface area contributed by atoms with Crippen molar-refractivity contribution >= 4 is 27.4 Å². The van der Waals surface area contributed by atoms with Gasteiger partial charge in [-0.05, 0) is 78.2 Å². The van der Waals surface area contributed by atoms with Gasteiger partial charge in [-0.15, -0.1) is 0 Å². The molecule has 0 saturated heterocycles. The summed E-state index contributed by atoms with van der Waals surface area (Å²) >= 11 is 0. The van der Waals surface area contributed by atoms with E-state index in [1.807, 2.05) is 0 Å². The summed E-state index contributed by atoms with van der Waals surface area (Å²) < 4.78 is 6.57. The quantitative estimate of drug-likeness (QED) is 0.189. The first-order chi connectivity index (χ1) is 28.8. The first-order valence-electron chi connectivity index (χ1n) is 20.0. The fourth-order valence-electron chi connectivity index (χ4n) is 9.95. The zero-order valence-electron chi connectivity index (χ0n) is 31.6. The van der Waals surface area contributed by atoms with Crippen molar-refractivity contribution in [2.45, 2.75) is 17.7 Å². The van der Waals surface area contributed by atoms with Gasteiger partial charge in [0, 0.05) is 16.7 Å². The van der Waals surface area contributed by atoms with Gasteiger partial charge in [0.2, 0.25) is 0 Å². The lowest BCUT2D eigenvalue weighted by molar-refractivity contribution is 0.411. The van der Waals surface area contributed by atoms with Gasteiger partial charge in [-0.2, -0.15) is 0 Å². The number of nitrogens with one attached hydrogen (secondary N) is 2. The number of hydrogen-bond donors (Lipinski definition) is 2. The second-order valence-electron chi connectivity index (χ2n) is 15.5. The van der Waals surface area contributed by atoms with E-state index < -0.39 is 5.41 Å². The van der Waals surface area contributed by atoms with E-state index in [-0.39, 0.29) is 12.3 Å². The normalized spacial score (nSPS) is 17.1. The summed E-state index contributed by atoms with van der Waals surface area (Å²) in [5.41, 5.74) is 12.7. The van der Waals surface area contributed by atoms with E-state index in [0.717, 1.165) is 28.5 Å². The molecule has 4 heteroatoms. The summed E-state index contributed by atoms with van der Waals surface area (Å²) in [6.45, 7) is 0. The van der Waals surface area contributed by atoms with E-state index in [2.05, 4.69) is 211 Å². The lowest BCUT2D eigenvalue weighted by atomic mass is 9.66. The number of ether oxygens (including phenoxy) is 1. The highest BCUT2D eigenvalue weighted by atomic mass is 16.5. The monoisotopic (exact) mass is 743 g/mol. The van der Waals surface area contributed by atoms with Gasteiger partial charge in [0.15, 0.2) is 0 Å². The highest BCUT2D eigenvalue weighted by Crippen LogP contribution is 2.63. The van der Waals surface area contributed by atoms with Crippen LogP contribution >= 0.6 is 0 Å². The lowest BCUT2D eigenvalue weighted by Gasteiger charge is -2.39. The molecule has 9 aromatic carbocycles. The van der Waals surface area contributed by atoms with Crippen LogP contribution in [0.3, 0.4) is 0 Å². The number of aliphatic imine (C=N–C) groups is 1. The standard InChI is InChI=1S/C54H37N3O/c1-3-18-38-34(14-1)16-11-22-41(38)52-55-51(56-53(57-52)42-23-12-17-35-15-2-4-19-39(35)42)37-32-30-36(31-33-37)40-21-13-27-47-50(40)43-20-5-6-24-44(43)54(47)45-25-7-9-28-48(45)58-49-29-10-8-26-46(49)54/h1-33,51-52,55H,(H,56,57). The van der Waals surface area contributed by atoms with Crippen molar-refractivity contribution in [3.8, 4) is 33.8 Å². The number of para-hydroxylation sites is 2. The molecule has 1 aliphatic carbocycles. The second kappa shape index (κ2) is 12.9. The van der Waals surface area contributed by atoms with Crippen LogP contribution < -0.4 is 15.4 Å². The van der Waals surface area contributed by atoms with E-state index >= 15 is 0 Å². The smallest absolute Gasteiger partial charge is 0.132 e. The third kappa shape index (κ3) is 4.82. The molecule has 2 atom stereocenters. The third-order valence-electron chi connectivity index (χ3n) is 12.5. The van der Waals surface area contributed by atoms with Gasteiger partial charge < -0.3 is 10.1 Å². The molecule has 2 heterocycles. The number of nitrogens with zero attached hydrogens (tertiary/aromatic N) is 1. The van der Waals surface area contributed by atoms with Gasteiger partial charge in [0.05, 0.1) is 5.41 Å². The Morgan fingerprint density at radius 3 is 1.78 bits per heavy atom. The molecule has 9 aromatic rings. The Morgan fingerprint density at radius 2 is 1.00 bits per heavy atom. The Hall–Kier alpha value is -7.27. The van der Waals surface area contributed by atoms with E-state index in [9.17, 15) is 0 Å². The van der Waals surface area contributed by atoms with E-state index in [4.69, 9.17) is 9.73 Å². The van der Waals surface area contributed by atoms with Crippen LogP contribution in [0.15, 0.2) is 205 Å². The molecule has 0 radical (unpaired) electrons. The van der Waals surface area contributed by atoms with Gasteiger partial charge in [-0.3, -0.25) is 5.32 Å². The maximum Gasteiger partial charge on any atom is 0.132 e. The van der Waals surface area contributed by atoms with Crippen LogP contribution in [0.2, 0.25) is 0 Å². The summed E-state index contributed by atoms with van der Waals surface area (Å²) in [5, 5.41) is 12.5. The van der Waals surface area contributed by atoms with Gasteiger partial charge in [-0.25, -0.2) is 4.99 Å². The maximum atomic E-state index is 6.57. The Labute approximate surface area is 337 Å². The van der Waals surface area contributed by atoms with Crippen molar-refractivity contribution < 1.29 is 4.74 Å². The molecule has 0 aromatic heterocycles. The molecule has 274 valence electrons. The van der Waals surface area contributed by atoms with Gasteiger partial charge in [0.25, 0.3) is 0 Å². The van der Waals surface area contributed by atoms with Crippen molar-refractivity contribution in [1.82, 2.24) is 10.6 Å². The van der Waals surface area contributed by atoms with Gasteiger partial charge in [0.1, 0.15) is 29.7 Å². The zero-order chi connectivity index (χ0) is 38.2. The average molecular weight is 744 g/mol. The molecule has 0 bridgehead atoms. The number of benzene rings is 9. The van der Waals surface area contributed by atoms with Crippen molar-refractivity contribution in [1.29, 1.82) is 0 Å². The van der Waals surface area contributed by atoms with Crippen LogP contribution in [0.25, 0.3) is 43.8 Å². The van der Waals surface area contributed by atoms with E-state index in [1.165, 1.54) is 71.6 Å². The minimum absolute atomic E-state index is 0.169. The van der Waals surface area contributed by atoms with Crippen LogP contribution in [0, 0.1) is 0 Å². The van der Waals surface area contributed by atoms with Crippen LogP contribution in [0.1, 0.15) is 51.3 Å². The Morgan fingerprint density at radius 1 is 0.448 bits per heavy atom. The second-order valence-corrected chi connectivity index (χ2v) is 15.5. The predicted molar refractivity (Wildman–Crippen MR) is 235 cm³/mol. The van der Waals surface area contributed by atoms with Crippen LogP contribution in [-0.4, -0.2) is 5.84 Å². The van der Waals surface area contributed by atoms with Gasteiger partial charge >= 0.3 is 0 Å². The first-order valence-corrected chi connectivity index (χ1v) is 20.0. The molecular formula is C54H37N3O. The molecule has 4 nitrogen and oxygen atoms in total. The van der Waals surface area contributed by atoms with E-state index in [0.29, 0.717) is 0 Å². The lowest BCUT2D eigenvalue weighted by Crippen LogP contribution is -2.45. The largest absolute Gasteiger partial charge is 0.457 e. The zero-order valence-corrected chi connectivity index (χ0v) is 31.6. The molecule has 58 heavy (non-hydrogen) atoms. The molecule has 0 saturated carbocycles. The maximum absolute atomic E-state index is 6.57. The summed E-state index contributed by atoms with van der Waals surface area (Å²) in [6.07, 6.45) is -0.452. The number of amidine groups is 1. The molecule has 0 amide bonds. The molecule has 3 aliphatic rings. The fraction of sp³-hybridized carbons (Fsp3) is 0.0556. The SMILES string of the molecule is c1ccc2c(c1)Oc1ccccc1C21c2ccccc2-c2c(-c3ccc(C4N=C(c5cccc6ccccc56)NC(c5cccc6ccccc56)N4)cc3)cccc21. The molecule has 2 N–H and O–H groups in total.